The van der Waals surface area contributed by atoms with Crippen molar-refractivity contribution in [2.45, 2.75) is 77.0 Å². The molecule has 4 aromatic carbocycles. The molecule has 0 spiro atoms. The van der Waals surface area contributed by atoms with E-state index in [9.17, 15) is 17.8 Å². The molecule has 14 nitrogen and oxygen atoms in total. The number of alkyl carbamates (subject to hydrolysis) is 1. The zero-order valence-corrected chi connectivity index (χ0v) is 40.3. The monoisotopic (exact) mass is 934 g/mol. The van der Waals surface area contributed by atoms with Crippen LogP contribution in [0.15, 0.2) is 114 Å². The van der Waals surface area contributed by atoms with Crippen molar-refractivity contribution in [2.75, 3.05) is 83.1 Å². The number of allylic oxidation sites excluding steroid dienone is 6. The third-order valence-electron chi connectivity index (χ3n) is 12.4. The number of anilines is 1. The minimum atomic E-state index is -4.27. The van der Waals surface area contributed by atoms with E-state index in [4.69, 9.17) is 24.5 Å². The van der Waals surface area contributed by atoms with Gasteiger partial charge in [-0.3, -0.25) is 0 Å². The molecule has 0 unspecified atom stereocenters. The van der Waals surface area contributed by atoms with E-state index in [1.165, 1.54) is 44.1 Å². The Labute approximate surface area is 395 Å². The van der Waals surface area contributed by atoms with E-state index in [2.05, 4.69) is 156 Å². The number of ether oxygens (including phenoxy) is 4. The number of nitrogens with zero attached hydrogens (tertiary/aromatic N) is 5. The Morgan fingerprint density at radius 2 is 1.42 bits per heavy atom. The maximum atomic E-state index is 12.2. The number of azide groups is 1. The lowest BCUT2D eigenvalue weighted by Crippen LogP contribution is -2.28. The van der Waals surface area contributed by atoms with Crippen LogP contribution in [-0.2, 0) is 39.9 Å². The molecule has 0 saturated carbocycles. The van der Waals surface area contributed by atoms with Gasteiger partial charge in [-0.1, -0.05) is 98.2 Å². The van der Waals surface area contributed by atoms with Crippen molar-refractivity contribution in [3.8, 4) is 0 Å². The minimum Gasteiger partial charge on any atom is -0.748 e. The highest BCUT2D eigenvalue weighted by atomic mass is 32.2. The molecule has 6 rings (SSSR count). The first-order valence-electron chi connectivity index (χ1n) is 23.5. The lowest BCUT2D eigenvalue weighted by atomic mass is 9.79. The second-order valence-corrected chi connectivity index (χ2v) is 19.4. The van der Waals surface area contributed by atoms with Crippen LogP contribution in [0.25, 0.3) is 32.0 Å². The number of nitrogens with one attached hydrogen (secondary N) is 1. The van der Waals surface area contributed by atoms with E-state index in [1.54, 1.807) is 0 Å². The van der Waals surface area contributed by atoms with Crippen LogP contribution >= 0.6 is 0 Å². The van der Waals surface area contributed by atoms with Gasteiger partial charge >= 0.3 is 6.09 Å². The highest BCUT2D eigenvalue weighted by Crippen LogP contribution is 2.51. The number of rotatable bonds is 27. The van der Waals surface area contributed by atoms with E-state index >= 15 is 0 Å². The Morgan fingerprint density at radius 3 is 2.13 bits per heavy atom. The van der Waals surface area contributed by atoms with Gasteiger partial charge in [0.15, 0.2) is 5.71 Å². The van der Waals surface area contributed by atoms with Crippen LogP contribution in [0.2, 0.25) is 0 Å². The molecule has 67 heavy (non-hydrogen) atoms. The van der Waals surface area contributed by atoms with Gasteiger partial charge in [-0.2, -0.15) is 4.58 Å². The van der Waals surface area contributed by atoms with Crippen LogP contribution < -0.4 is 10.2 Å². The topological polar surface area (TPSA) is 178 Å². The van der Waals surface area contributed by atoms with Crippen molar-refractivity contribution in [3.63, 3.8) is 0 Å². The summed E-state index contributed by atoms with van der Waals surface area (Å²) < 4.78 is 58.1. The fourth-order valence-corrected chi connectivity index (χ4v) is 9.88. The highest BCUT2D eigenvalue weighted by Gasteiger charge is 2.45. The second kappa shape index (κ2) is 24.5. The highest BCUT2D eigenvalue weighted by molar-refractivity contribution is 7.85. The van der Waals surface area contributed by atoms with Crippen molar-refractivity contribution in [1.82, 2.24) is 5.32 Å². The Kier molecular flexibility index (Phi) is 18.6. The van der Waals surface area contributed by atoms with Crippen LogP contribution in [0.1, 0.15) is 77.3 Å². The predicted octanol–water partition coefficient (Wildman–Crippen LogP) is 10.1. The summed E-state index contributed by atoms with van der Waals surface area (Å²) in [6.45, 7) is 13.9. The quantitative estimate of drug-likeness (QED) is 0.0116. The summed E-state index contributed by atoms with van der Waals surface area (Å²) in [5.41, 5.74) is 14.9. The number of benzene rings is 4. The van der Waals surface area contributed by atoms with Gasteiger partial charge in [-0.15, -0.1) is 0 Å². The molecule has 0 radical (unpaired) electrons. The van der Waals surface area contributed by atoms with E-state index < -0.39 is 16.2 Å². The lowest BCUT2D eigenvalue weighted by Gasteiger charge is -2.27. The Morgan fingerprint density at radius 1 is 0.761 bits per heavy atom. The summed E-state index contributed by atoms with van der Waals surface area (Å²) in [6.07, 6.45) is 14.8. The van der Waals surface area contributed by atoms with E-state index in [-0.39, 0.29) is 16.6 Å². The maximum Gasteiger partial charge on any atom is 0.407 e. The zero-order chi connectivity index (χ0) is 47.7. The molecule has 0 saturated heterocycles. The molecule has 4 aromatic rings. The van der Waals surface area contributed by atoms with Crippen LogP contribution in [-0.4, -0.2) is 108 Å². The zero-order valence-electron chi connectivity index (χ0n) is 39.5. The van der Waals surface area contributed by atoms with Gasteiger partial charge in [-0.05, 0) is 90.4 Å². The van der Waals surface area contributed by atoms with Crippen LogP contribution in [0, 0.1) is 0 Å². The molecular formula is C52H66N6O8S. The molecule has 2 aliphatic heterocycles. The van der Waals surface area contributed by atoms with Gasteiger partial charge in [0.25, 0.3) is 0 Å². The van der Waals surface area contributed by atoms with E-state index in [1.807, 2.05) is 0 Å². The maximum absolute atomic E-state index is 12.2. The first-order valence-corrected chi connectivity index (χ1v) is 25.0. The minimum absolute atomic E-state index is 0.255. The van der Waals surface area contributed by atoms with Gasteiger partial charge < -0.3 is 33.7 Å². The van der Waals surface area contributed by atoms with Crippen LogP contribution in [0.5, 0.6) is 0 Å². The molecule has 0 bridgehead atoms. The van der Waals surface area contributed by atoms with Gasteiger partial charge in [0.1, 0.15) is 6.54 Å². The molecule has 1 amide bonds. The molecule has 2 heterocycles. The number of hydrogen-bond acceptors (Lipinski definition) is 10. The fraction of sp³-hybridized carbons (Fsp3) is 0.462. The third kappa shape index (κ3) is 13.6. The number of unbranched alkanes of at least 4 members (excludes halogenated alkanes) is 4. The summed E-state index contributed by atoms with van der Waals surface area (Å²) in [4.78, 5) is 17.3. The number of amides is 1. The first kappa shape index (κ1) is 50.9. The number of carbonyl (C=O) groups excluding carboxylic acids is 1. The van der Waals surface area contributed by atoms with Crippen molar-refractivity contribution in [3.05, 3.63) is 130 Å². The molecule has 0 fully saturated rings. The Hall–Kier alpha value is -5.54. The number of carbonyl (C=O) groups is 1. The molecule has 1 N–H and O–H groups in total. The average molecular weight is 935 g/mol. The van der Waals surface area contributed by atoms with Gasteiger partial charge in [0.05, 0.1) is 61.8 Å². The molecule has 15 heteroatoms. The van der Waals surface area contributed by atoms with E-state index in [0.717, 1.165) is 43.6 Å². The molecule has 2 aliphatic rings. The fourth-order valence-electron chi connectivity index (χ4n) is 9.32. The average Bonchev–Trinajstić information content (AvgIpc) is 3.66. The molecular weight excluding hydrogens is 869 g/mol. The standard InChI is InChI=1S/C52H66N6O8S/c1-51(2)46(22-8-7-9-23-47-52(3,4)49-43-21-13-11-19-41(43)25-27-45(49)58(47)31-15-17-39-67(60,61)62)57(44-26-24-40-18-10-12-20-42(40)48(44)51)30-14-5-6-16-32-66-50(59)54-28-33-63-35-37-65-38-36-64-34-29-55-56-53/h7-13,18-27H,5-6,14-17,28-39H2,1-4H3,(H-,54,59,60,61,62). The van der Waals surface area contributed by atoms with Crippen LogP contribution in [0.4, 0.5) is 16.2 Å². The molecule has 358 valence electrons. The summed E-state index contributed by atoms with van der Waals surface area (Å²) in [5.74, 6) is -0.362. The van der Waals surface area contributed by atoms with Crippen molar-refractivity contribution in [1.29, 1.82) is 0 Å². The van der Waals surface area contributed by atoms with Gasteiger partial charge in [0, 0.05) is 71.2 Å². The van der Waals surface area contributed by atoms with Crippen LogP contribution in [0.3, 0.4) is 0 Å². The third-order valence-corrected chi connectivity index (χ3v) is 13.2. The normalized spacial score (nSPS) is 15.8. The SMILES string of the molecule is CC1(C)C(/C=C/C=C/C=C2/N(CCCCCCOC(=O)NCCOCCOCCOCCN=[N+]=[N-])c3ccc4ccccc4c3C2(C)C)=[N+](CCCCS(=O)(=O)[O-])c2ccc3ccccc3c21. The molecule has 0 aliphatic carbocycles. The smallest absolute Gasteiger partial charge is 0.407 e. The number of hydrogen-bond donors (Lipinski definition) is 1. The first-order chi connectivity index (χ1) is 32.3. The van der Waals surface area contributed by atoms with Crippen molar-refractivity contribution in [2.24, 2.45) is 5.11 Å². The Balaban J connectivity index is 1.04. The summed E-state index contributed by atoms with van der Waals surface area (Å²) >= 11 is 0. The Bertz CT molecular complexity index is 2620. The summed E-state index contributed by atoms with van der Waals surface area (Å²) in [6, 6.07) is 25.8. The van der Waals surface area contributed by atoms with Crippen molar-refractivity contribution < 1.29 is 41.3 Å². The van der Waals surface area contributed by atoms with Crippen molar-refractivity contribution >= 4 is 54.8 Å². The number of fused-ring (bicyclic) bond motifs is 6. The largest absolute Gasteiger partial charge is 0.748 e. The van der Waals surface area contributed by atoms with E-state index in [0.29, 0.717) is 78.7 Å². The lowest BCUT2D eigenvalue weighted by molar-refractivity contribution is -0.438. The predicted molar refractivity (Wildman–Crippen MR) is 266 cm³/mol. The second-order valence-electron chi connectivity index (χ2n) is 17.8. The molecule has 0 aromatic heterocycles. The van der Waals surface area contributed by atoms with Gasteiger partial charge in [-0.25, -0.2) is 13.2 Å². The van der Waals surface area contributed by atoms with Gasteiger partial charge in [0.2, 0.25) is 5.69 Å². The summed E-state index contributed by atoms with van der Waals surface area (Å²) in [5, 5.41) is 11.0. The summed E-state index contributed by atoms with van der Waals surface area (Å²) in [7, 11) is -4.27. The molecule has 0 atom stereocenters.